The molecule has 312 valence electrons. The lowest BCUT2D eigenvalue weighted by Gasteiger charge is -2.29. The number of esters is 1. The number of aromatic nitrogens is 1. The molecule has 8 rings (SSSR count). The van der Waals surface area contributed by atoms with E-state index in [4.69, 9.17) is 19.2 Å². The number of nitrogens with one attached hydrogen (secondary N) is 1. The molecule has 6 atom stereocenters. The Kier molecular flexibility index (Phi) is 11.7. The Morgan fingerprint density at radius 2 is 1.83 bits per heavy atom. The van der Waals surface area contributed by atoms with Gasteiger partial charge in [0.15, 0.2) is 5.78 Å². The van der Waals surface area contributed by atoms with Crippen molar-refractivity contribution in [2.75, 3.05) is 20.3 Å². The van der Waals surface area contributed by atoms with Gasteiger partial charge in [-0.25, -0.2) is 13.4 Å². The van der Waals surface area contributed by atoms with Crippen molar-refractivity contribution in [3.63, 3.8) is 0 Å². The highest BCUT2D eigenvalue weighted by Crippen LogP contribution is 2.57. The van der Waals surface area contributed by atoms with Crippen molar-refractivity contribution in [1.82, 2.24) is 14.6 Å². The number of hydrogen-bond donors (Lipinski definition) is 1. The van der Waals surface area contributed by atoms with Crippen LogP contribution in [-0.2, 0) is 33.9 Å². The third-order valence-electron chi connectivity index (χ3n) is 12.6. The number of hydrogen-bond acceptors (Lipinski definition) is 10. The van der Waals surface area contributed by atoms with Crippen LogP contribution in [0.4, 0.5) is 0 Å². The van der Waals surface area contributed by atoms with Crippen LogP contribution in [0.5, 0.6) is 11.5 Å². The van der Waals surface area contributed by atoms with Crippen LogP contribution in [0.3, 0.4) is 0 Å². The maximum absolute atomic E-state index is 14.8. The number of ether oxygens (including phenoxy) is 3. The van der Waals surface area contributed by atoms with E-state index in [-0.39, 0.29) is 55.9 Å². The van der Waals surface area contributed by atoms with Gasteiger partial charge in [-0.1, -0.05) is 74.4 Å². The first-order valence-corrected chi connectivity index (χ1v) is 22.6. The Morgan fingerprint density at radius 3 is 2.61 bits per heavy atom. The number of methoxy groups -OCH3 is 1. The molecule has 2 aliphatic carbocycles. The summed E-state index contributed by atoms with van der Waals surface area (Å²) in [6.07, 6.45) is 12.6. The van der Waals surface area contributed by atoms with E-state index in [0.717, 1.165) is 35.8 Å². The Hall–Kier alpha value is -5.04. The van der Waals surface area contributed by atoms with Gasteiger partial charge in [-0.3, -0.25) is 23.9 Å². The van der Waals surface area contributed by atoms with Crippen molar-refractivity contribution in [2.45, 2.75) is 101 Å². The fraction of sp³-hybridized carbons (Fsp3) is 0.500. The lowest BCUT2D eigenvalue weighted by molar-refractivity contribution is -0.151. The zero-order valence-corrected chi connectivity index (χ0v) is 34.6. The average molecular weight is 824 g/mol. The number of carbonyl (C=O) groups excluding carboxylic acids is 4. The van der Waals surface area contributed by atoms with Gasteiger partial charge < -0.3 is 19.1 Å². The van der Waals surface area contributed by atoms with Crippen LogP contribution >= 0.6 is 0 Å². The summed E-state index contributed by atoms with van der Waals surface area (Å²) in [7, 11) is -2.25. The summed E-state index contributed by atoms with van der Waals surface area (Å²) in [4.78, 5) is 63.4. The first kappa shape index (κ1) is 40.7. The van der Waals surface area contributed by atoms with E-state index in [1.165, 1.54) is 0 Å². The number of pyridine rings is 1. The molecule has 5 bridgehead atoms. The molecule has 4 heterocycles. The fourth-order valence-corrected chi connectivity index (χ4v) is 10.3. The van der Waals surface area contributed by atoms with Crippen LogP contribution < -0.4 is 14.2 Å². The summed E-state index contributed by atoms with van der Waals surface area (Å²) in [6.45, 7) is 2.26. The Balaban J connectivity index is 1.19. The summed E-state index contributed by atoms with van der Waals surface area (Å²) in [5, 5.41) is 0.132. The molecule has 0 radical (unpaired) electrons. The summed E-state index contributed by atoms with van der Waals surface area (Å²) in [5.41, 5.74) is 1.76. The summed E-state index contributed by atoms with van der Waals surface area (Å²) in [6, 6.07) is 14.5. The minimum Gasteiger partial charge on any atom is -0.496 e. The van der Waals surface area contributed by atoms with E-state index in [1.54, 1.807) is 12.0 Å². The SMILES string of the molecule is COc1cc2nc(-c3ccccc3)cc3c2cc1/C=C/C[C@@H](C)COC(=O)C[C@H]1CCCCC/C=C\[C@H]2C[C@@]2(C(=O)NS(=O)(=O)C2CC2)CC(=O)[C@@H]2C[C@H](CN2C1=O)O3. The number of allylic oxidation sites excluding steroid dienone is 3. The lowest BCUT2D eigenvalue weighted by atomic mass is 9.90. The average Bonchev–Trinajstić information content (AvgIpc) is 4.15. The molecular formula is C46H53N3O9S. The van der Waals surface area contributed by atoms with Gasteiger partial charge >= 0.3 is 5.97 Å². The maximum Gasteiger partial charge on any atom is 0.306 e. The van der Waals surface area contributed by atoms with Crippen LogP contribution in [0.1, 0.15) is 89.5 Å². The van der Waals surface area contributed by atoms with Gasteiger partial charge in [0.25, 0.3) is 0 Å². The molecule has 1 N–H and O–H groups in total. The van der Waals surface area contributed by atoms with Crippen molar-refractivity contribution in [1.29, 1.82) is 0 Å². The number of amides is 2. The van der Waals surface area contributed by atoms with Crippen LogP contribution in [-0.4, -0.2) is 79.5 Å². The normalized spacial score (nSPS) is 29.2. The number of benzene rings is 2. The monoisotopic (exact) mass is 823 g/mol. The minimum atomic E-state index is -3.86. The molecule has 13 heteroatoms. The zero-order valence-electron chi connectivity index (χ0n) is 33.8. The summed E-state index contributed by atoms with van der Waals surface area (Å²) < 4.78 is 46.7. The minimum absolute atomic E-state index is 0.00240. The molecular weight excluding hydrogens is 771 g/mol. The number of cyclic esters (lactones) is 1. The van der Waals surface area contributed by atoms with Gasteiger partial charge in [0, 0.05) is 47.4 Å². The predicted molar refractivity (Wildman–Crippen MR) is 223 cm³/mol. The molecule has 0 unspecified atom stereocenters. The van der Waals surface area contributed by atoms with Crippen molar-refractivity contribution in [2.24, 2.45) is 23.2 Å². The second kappa shape index (κ2) is 16.9. The maximum atomic E-state index is 14.8. The number of Topliss-reactive ketones (excluding diaryl/α,β-unsaturated/α-hetero) is 1. The number of rotatable bonds is 5. The second-order valence-corrected chi connectivity index (χ2v) is 19.1. The van der Waals surface area contributed by atoms with Gasteiger partial charge in [0.2, 0.25) is 21.8 Å². The predicted octanol–water partition coefficient (Wildman–Crippen LogP) is 6.96. The van der Waals surface area contributed by atoms with Gasteiger partial charge in [0.05, 0.1) is 54.6 Å². The molecule has 2 aromatic carbocycles. The summed E-state index contributed by atoms with van der Waals surface area (Å²) in [5.74, 6) is -1.66. The molecule has 3 aliphatic heterocycles. The first-order chi connectivity index (χ1) is 28.4. The van der Waals surface area contributed by atoms with Crippen LogP contribution in [0, 0.1) is 23.2 Å². The standard InChI is InChI=1S/C46H53N3O9S/c1-29-12-11-16-31-20-36-38(24-41(31)56-2)47-37(30-13-8-6-9-14-30)23-42(36)58-34-22-39-40(50)26-46(45(53)48-59(54,55)35-18-19-35)25-33(46)17-10-5-3-4-7-15-32(21-43(51)57-28-29)44(52)49(39)27-34/h6,8-11,13-14,16-17,20,23-24,29,32-35,39H,3-5,7,12,15,18-19,21-22,25-28H2,1-2H3,(H,48,53)/b16-11+,17-10-/t29-,32-,33+,34-,39+,46-/m1/s1. The van der Waals surface area contributed by atoms with E-state index >= 15 is 0 Å². The van der Waals surface area contributed by atoms with Crippen LogP contribution in [0.25, 0.3) is 28.2 Å². The smallest absolute Gasteiger partial charge is 0.306 e. The van der Waals surface area contributed by atoms with Crippen molar-refractivity contribution < 1.29 is 41.8 Å². The number of carbonyl (C=O) groups is 4. The van der Waals surface area contributed by atoms with E-state index in [9.17, 15) is 27.6 Å². The van der Waals surface area contributed by atoms with Crippen molar-refractivity contribution in [3.8, 4) is 22.8 Å². The highest BCUT2D eigenvalue weighted by Gasteiger charge is 2.61. The van der Waals surface area contributed by atoms with Gasteiger partial charge in [-0.2, -0.15) is 0 Å². The fourth-order valence-electron chi connectivity index (χ4n) is 8.89. The van der Waals surface area contributed by atoms with Gasteiger partial charge in [0.1, 0.15) is 17.6 Å². The first-order valence-electron chi connectivity index (χ1n) is 21.1. The lowest BCUT2D eigenvalue weighted by Crippen LogP contribution is -2.46. The molecule has 3 aromatic rings. The Morgan fingerprint density at radius 1 is 1.02 bits per heavy atom. The van der Waals surface area contributed by atoms with E-state index in [0.29, 0.717) is 61.2 Å². The molecule has 3 fully saturated rings. The Labute approximate surface area is 345 Å². The number of sulfonamides is 1. The summed E-state index contributed by atoms with van der Waals surface area (Å²) >= 11 is 0. The number of fused-ring (bicyclic) bond motifs is 4. The molecule has 1 aromatic heterocycles. The molecule has 0 spiro atoms. The highest BCUT2D eigenvalue weighted by molar-refractivity contribution is 7.90. The van der Waals surface area contributed by atoms with E-state index < -0.39 is 50.6 Å². The number of ketones is 1. The zero-order chi connectivity index (χ0) is 41.3. The Bertz CT molecular complexity index is 2290. The van der Waals surface area contributed by atoms with Crippen LogP contribution in [0.2, 0.25) is 0 Å². The van der Waals surface area contributed by atoms with E-state index in [2.05, 4.69) is 4.72 Å². The van der Waals surface area contributed by atoms with Gasteiger partial charge in [-0.15, -0.1) is 0 Å². The van der Waals surface area contributed by atoms with E-state index in [1.807, 2.05) is 79.8 Å². The molecule has 1 saturated heterocycles. The quantitative estimate of drug-likeness (QED) is 0.211. The third-order valence-corrected chi connectivity index (χ3v) is 14.4. The molecule has 2 amide bonds. The number of nitrogens with zero attached hydrogens (tertiary/aromatic N) is 2. The van der Waals surface area contributed by atoms with Crippen LogP contribution in [0.15, 0.2) is 66.8 Å². The second-order valence-electron chi connectivity index (χ2n) is 17.1. The largest absolute Gasteiger partial charge is 0.496 e. The molecule has 2 saturated carbocycles. The molecule has 59 heavy (non-hydrogen) atoms. The van der Waals surface area contributed by atoms with Crippen molar-refractivity contribution in [3.05, 3.63) is 72.3 Å². The van der Waals surface area contributed by atoms with Gasteiger partial charge in [-0.05, 0) is 62.8 Å². The topological polar surface area (TPSA) is 158 Å². The highest BCUT2D eigenvalue weighted by atomic mass is 32.2. The third kappa shape index (κ3) is 8.95. The van der Waals surface area contributed by atoms with Crippen molar-refractivity contribution >= 4 is 50.6 Å². The molecule has 5 aliphatic rings. The molecule has 12 nitrogen and oxygen atoms in total.